The maximum absolute atomic E-state index is 6.41. The first kappa shape index (κ1) is 18.2. The highest BCUT2D eigenvalue weighted by molar-refractivity contribution is 6.32. The summed E-state index contributed by atoms with van der Waals surface area (Å²) in [7, 11) is 0. The average molecular weight is 358 g/mol. The lowest BCUT2D eigenvalue weighted by Gasteiger charge is -2.21. The van der Waals surface area contributed by atoms with E-state index in [9.17, 15) is 0 Å². The van der Waals surface area contributed by atoms with Gasteiger partial charge in [-0.2, -0.15) is 0 Å². The zero-order valence-electron chi connectivity index (χ0n) is 14.9. The predicted octanol–water partition coefficient (Wildman–Crippen LogP) is 5.91. The third-order valence-electron chi connectivity index (χ3n) is 4.75. The molecule has 4 heteroatoms. The highest BCUT2D eigenvalue weighted by Crippen LogP contribution is 2.31. The van der Waals surface area contributed by atoms with Crippen LogP contribution in [0.25, 0.3) is 11.4 Å². The molecule has 0 N–H and O–H groups in total. The van der Waals surface area contributed by atoms with Gasteiger partial charge in [0.2, 0.25) is 0 Å². The Labute approximate surface area is 155 Å². The second-order valence-electron chi connectivity index (χ2n) is 6.78. The topological polar surface area (TPSA) is 35.0 Å². The molecule has 133 valence electrons. The van der Waals surface area contributed by atoms with Crippen LogP contribution >= 0.6 is 11.6 Å². The molecule has 0 unspecified atom stereocenters. The van der Waals surface area contributed by atoms with Crippen LogP contribution in [0.2, 0.25) is 5.02 Å². The highest BCUT2D eigenvalue weighted by Gasteiger charge is 2.15. The van der Waals surface area contributed by atoms with Gasteiger partial charge in [0.15, 0.2) is 5.82 Å². The van der Waals surface area contributed by atoms with E-state index in [0.717, 1.165) is 24.3 Å². The summed E-state index contributed by atoms with van der Waals surface area (Å²) in [5.74, 6) is 2.09. The van der Waals surface area contributed by atoms with Crippen LogP contribution in [0, 0.1) is 12.3 Å². The smallest absolute Gasteiger partial charge is 0.159 e. The van der Waals surface area contributed by atoms with Crippen LogP contribution < -0.4 is 4.74 Å². The number of nitrogens with zero attached hydrogens (tertiary/aromatic N) is 2. The van der Waals surface area contributed by atoms with E-state index >= 15 is 0 Å². The van der Waals surface area contributed by atoms with E-state index in [2.05, 4.69) is 23.3 Å². The van der Waals surface area contributed by atoms with Crippen LogP contribution in [0.3, 0.4) is 0 Å². The fourth-order valence-corrected chi connectivity index (χ4v) is 3.38. The van der Waals surface area contributed by atoms with E-state index in [1.807, 2.05) is 30.6 Å². The molecule has 0 aliphatic heterocycles. The maximum atomic E-state index is 6.41. The molecule has 25 heavy (non-hydrogen) atoms. The molecule has 1 radical (unpaired) electrons. The number of rotatable bonds is 7. The molecule has 0 atom stereocenters. The van der Waals surface area contributed by atoms with Crippen LogP contribution in [0.15, 0.2) is 30.6 Å². The molecule has 1 aromatic carbocycles. The molecule has 1 aliphatic carbocycles. The highest BCUT2D eigenvalue weighted by atomic mass is 35.5. The molecule has 0 spiro atoms. The van der Waals surface area contributed by atoms with Crippen LogP contribution in [0.1, 0.15) is 51.0 Å². The summed E-state index contributed by atoms with van der Waals surface area (Å²) in [5.41, 5.74) is 2.10. The number of hydrogen-bond donors (Lipinski definition) is 0. The predicted molar refractivity (Wildman–Crippen MR) is 103 cm³/mol. The molecular weight excluding hydrogens is 332 g/mol. The van der Waals surface area contributed by atoms with Gasteiger partial charge < -0.3 is 4.74 Å². The Kier molecular flexibility index (Phi) is 6.69. The second-order valence-corrected chi connectivity index (χ2v) is 7.19. The fraction of sp³-hybridized carbons (Fsp3) is 0.476. The van der Waals surface area contributed by atoms with Crippen molar-refractivity contribution in [3.05, 3.63) is 47.6 Å². The maximum Gasteiger partial charge on any atom is 0.159 e. The second kappa shape index (κ2) is 9.19. The van der Waals surface area contributed by atoms with Crippen LogP contribution in [0.4, 0.5) is 0 Å². The first-order chi connectivity index (χ1) is 12.3. The minimum Gasteiger partial charge on any atom is -0.492 e. The van der Waals surface area contributed by atoms with Crippen molar-refractivity contribution in [1.82, 2.24) is 9.97 Å². The van der Waals surface area contributed by atoms with Crippen molar-refractivity contribution in [2.45, 2.75) is 51.9 Å². The van der Waals surface area contributed by atoms with Crippen molar-refractivity contribution in [3.8, 4) is 17.1 Å². The Balaban J connectivity index is 1.62. The third-order valence-corrected chi connectivity index (χ3v) is 5.04. The number of hydrogen-bond acceptors (Lipinski definition) is 3. The summed E-state index contributed by atoms with van der Waals surface area (Å²) in [6, 6.07) is 5.81. The molecule has 2 aromatic rings. The number of aryl methyl sites for hydroxylation is 1. The largest absolute Gasteiger partial charge is 0.492 e. The summed E-state index contributed by atoms with van der Waals surface area (Å²) in [4.78, 5) is 8.96. The SMILES string of the molecule is CCCCc1cnc(-c2ccc(OCC3CC[CH]CC3)c(Cl)c2)nc1. The van der Waals surface area contributed by atoms with E-state index in [4.69, 9.17) is 16.3 Å². The minimum atomic E-state index is 0.624. The number of ether oxygens (including phenoxy) is 1. The van der Waals surface area contributed by atoms with Gasteiger partial charge in [0.25, 0.3) is 0 Å². The molecule has 1 fully saturated rings. The van der Waals surface area contributed by atoms with Crippen molar-refractivity contribution in [1.29, 1.82) is 0 Å². The van der Waals surface area contributed by atoms with Gasteiger partial charge in [0.05, 0.1) is 11.6 Å². The molecular formula is C21H26ClN2O. The zero-order chi connectivity index (χ0) is 17.5. The molecule has 0 amide bonds. The molecule has 1 heterocycles. The van der Waals surface area contributed by atoms with Crippen molar-refractivity contribution >= 4 is 11.6 Å². The number of halogens is 1. The van der Waals surface area contributed by atoms with Crippen molar-refractivity contribution in [3.63, 3.8) is 0 Å². The summed E-state index contributed by atoms with van der Waals surface area (Å²) < 4.78 is 5.94. The lowest BCUT2D eigenvalue weighted by atomic mass is 9.90. The lowest BCUT2D eigenvalue weighted by molar-refractivity contribution is 0.221. The summed E-state index contributed by atoms with van der Waals surface area (Å²) in [6.07, 6.45) is 14.4. The van der Waals surface area contributed by atoms with Crippen molar-refractivity contribution in [2.75, 3.05) is 6.61 Å². The summed E-state index contributed by atoms with van der Waals surface area (Å²) in [5, 5.41) is 0.624. The van der Waals surface area contributed by atoms with Gasteiger partial charge in [-0.1, -0.05) is 24.9 Å². The van der Waals surface area contributed by atoms with Gasteiger partial charge in [-0.05, 0) is 74.6 Å². The Morgan fingerprint density at radius 3 is 2.60 bits per heavy atom. The molecule has 1 saturated carbocycles. The molecule has 3 nitrogen and oxygen atoms in total. The average Bonchev–Trinajstić information content (AvgIpc) is 2.66. The molecule has 0 saturated heterocycles. The number of unbranched alkanes of at least 4 members (excludes halogenated alkanes) is 1. The van der Waals surface area contributed by atoms with Gasteiger partial charge in [-0.3, -0.25) is 0 Å². The first-order valence-corrected chi connectivity index (χ1v) is 9.69. The van der Waals surface area contributed by atoms with E-state index in [1.165, 1.54) is 44.1 Å². The van der Waals surface area contributed by atoms with Crippen LogP contribution in [-0.4, -0.2) is 16.6 Å². The normalized spacial score (nSPS) is 15.3. The molecule has 1 aromatic heterocycles. The van der Waals surface area contributed by atoms with Gasteiger partial charge in [0.1, 0.15) is 5.75 Å². The zero-order valence-corrected chi connectivity index (χ0v) is 15.6. The fourth-order valence-electron chi connectivity index (χ4n) is 3.14. The molecule has 0 bridgehead atoms. The van der Waals surface area contributed by atoms with E-state index in [-0.39, 0.29) is 0 Å². The van der Waals surface area contributed by atoms with E-state index in [0.29, 0.717) is 16.8 Å². The van der Waals surface area contributed by atoms with Gasteiger partial charge in [0, 0.05) is 18.0 Å². The molecule has 3 rings (SSSR count). The van der Waals surface area contributed by atoms with Gasteiger partial charge in [-0.15, -0.1) is 0 Å². The standard InChI is InChI=1S/C21H26ClN2O/c1-2-3-7-17-13-23-21(24-14-17)18-10-11-20(19(22)12-18)25-15-16-8-5-4-6-9-16/h4,10-14,16H,2-3,5-9,15H2,1H3. The van der Waals surface area contributed by atoms with Crippen LogP contribution in [0.5, 0.6) is 5.75 Å². The van der Waals surface area contributed by atoms with Crippen molar-refractivity contribution < 1.29 is 4.74 Å². The summed E-state index contributed by atoms with van der Waals surface area (Å²) in [6.45, 7) is 2.93. The lowest BCUT2D eigenvalue weighted by Crippen LogP contribution is -2.15. The van der Waals surface area contributed by atoms with E-state index in [1.54, 1.807) is 0 Å². The number of benzene rings is 1. The Morgan fingerprint density at radius 1 is 1.16 bits per heavy atom. The monoisotopic (exact) mass is 357 g/mol. The summed E-state index contributed by atoms with van der Waals surface area (Å²) >= 11 is 6.41. The van der Waals surface area contributed by atoms with Crippen LogP contribution in [-0.2, 0) is 6.42 Å². The van der Waals surface area contributed by atoms with E-state index < -0.39 is 0 Å². The van der Waals surface area contributed by atoms with Gasteiger partial charge >= 0.3 is 0 Å². The Morgan fingerprint density at radius 2 is 1.92 bits per heavy atom. The Hall–Kier alpha value is -1.61. The number of aromatic nitrogens is 2. The minimum absolute atomic E-state index is 0.624. The third kappa shape index (κ3) is 5.18. The first-order valence-electron chi connectivity index (χ1n) is 9.31. The van der Waals surface area contributed by atoms with Crippen molar-refractivity contribution in [2.24, 2.45) is 5.92 Å². The quantitative estimate of drug-likeness (QED) is 0.617. The Bertz CT molecular complexity index is 666. The van der Waals surface area contributed by atoms with Gasteiger partial charge in [-0.25, -0.2) is 9.97 Å². The molecule has 1 aliphatic rings.